The van der Waals surface area contributed by atoms with Crippen LogP contribution in [0.3, 0.4) is 0 Å². The number of carbonyl (C=O) groups is 3. The summed E-state index contributed by atoms with van der Waals surface area (Å²) in [7, 11) is 1.82. The average molecular weight is 394 g/mol. The summed E-state index contributed by atoms with van der Waals surface area (Å²) in [6, 6.07) is 16.4. The van der Waals surface area contributed by atoms with Gasteiger partial charge in [0.05, 0.1) is 6.54 Å². The molecule has 7 heteroatoms. The molecular weight excluding hydrogens is 368 g/mol. The van der Waals surface area contributed by atoms with Crippen LogP contribution in [0.5, 0.6) is 0 Å². The average Bonchev–Trinajstić information content (AvgIpc) is 2.95. The molecular formula is C22H26N4O3. The van der Waals surface area contributed by atoms with Crippen molar-refractivity contribution in [2.75, 3.05) is 13.6 Å². The summed E-state index contributed by atoms with van der Waals surface area (Å²) >= 11 is 0. The van der Waals surface area contributed by atoms with Crippen LogP contribution in [0.1, 0.15) is 30.0 Å². The Bertz CT molecular complexity index is 915. The second-order valence-corrected chi connectivity index (χ2v) is 7.33. The third-order valence-electron chi connectivity index (χ3n) is 5.24. The van der Waals surface area contributed by atoms with Crippen molar-refractivity contribution < 1.29 is 14.4 Å². The zero-order chi connectivity index (χ0) is 21.0. The molecule has 7 nitrogen and oxygen atoms in total. The monoisotopic (exact) mass is 394 g/mol. The molecule has 0 aliphatic carbocycles. The van der Waals surface area contributed by atoms with Gasteiger partial charge >= 0.3 is 6.03 Å². The molecule has 1 atom stereocenters. The third kappa shape index (κ3) is 4.14. The van der Waals surface area contributed by atoms with Gasteiger partial charge in [-0.25, -0.2) is 4.79 Å². The van der Waals surface area contributed by atoms with E-state index in [0.717, 1.165) is 16.1 Å². The van der Waals surface area contributed by atoms with E-state index in [2.05, 4.69) is 10.7 Å². The van der Waals surface area contributed by atoms with Gasteiger partial charge in [0.15, 0.2) is 0 Å². The highest BCUT2D eigenvalue weighted by atomic mass is 16.2. The molecule has 29 heavy (non-hydrogen) atoms. The first-order chi connectivity index (χ1) is 13.9. The van der Waals surface area contributed by atoms with Crippen LogP contribution >= 0.6 is 0 Å². The van der Waals surface area contributed by atoms with Crippen molar-refractivity contribution in [3.63, 3.8) is 0 Å². The largest absolute Gasteiger partial charge is 0.344 e. The fraction of sp³-hybridized carbons (Fsp3) is 0.318. The van der Waals surface area contributed by atoms with Gasteiger partial charge in [0, 0.05) is 6.54 Å². The van der Waals surface area contributed by atoms with Crippen molar-refractivity contribution >= 4 is 17.8 Å². The molecule has 4 amide bonds. The lowest BCUT2D eigenvalue weighted by molar-refractivity contribution is -0.139. The first-order valence-electron chi connectivity index (χ1n) is 9.62. The summed E-state index contributed by atoms with van der Waals surface area (Å²) in [6.45, 7) is 4.48. The molecule has 2 aromatic carbocycles. The van der Waals surface area contributed by atoms with E-state index in [1.165, 1.54) is 0 Å². The van der Waals surface area contributed by atoms with E-state index < -0.39 is 23.4 Å². The van der Waals surface area contributed by atoms with Crippen molar-refractivity contribution in [1.29, 1.82) is 0 Å². The third-order valence-corrected chi connectivity index (χ3v) is 5.24. The second kappa shape index (κ2) is 8.45. The number of likely N-dealkylation sites (N-methyl/N-ethyl adjacent to an activating group) is 1. The van der Waals surface area contributed by atoms with Gasteiger partial charge in [-0.1, -0.05) is 61.5 Å². The maximum Gasteiger partial charge on any atom is 0.344 e. The first-order valence-corrected chi connectivity index (χ1v) is 9.62. The van der Waals surface area contributed by atoms with Gasteiger partial charge in [0.25, 0.3) is 11.8 Å². The number of benzene rings is 2. The van der Waals surface area contributed by atoms with E-state index in [1.54, 1.807) is 12.1 Å². The molecule has 1 heterocycles. The number of aryl methyl sites for hydroxylation is 1. The summed E-state index contributed by atoms with van der Waals surface area (Å²) in [5, 5.41) is 3.54. The Hall–Kier alpha value is -3.19. The zero-order valence-electron chi connectivity index (χ0n) is 16.9. The lowest BCUT2D eigenvalue weighted by Crippen LogP contribution is -2.50. The number of imide groups is 1. The SMILES string of the molecule is CC[C@]1(c2ccccc2)NC(=O)N(NC(=O)CN(C)Cc2ccccc2C)C1=O. The van der Waals surface area contributed by atoms with Gasteiger partial charge < -0.3 is 5.32 Å². The predicted molar refractivity (Wildman–Crippen MR) is 109 cm³/mol. The summed E-state index contributed by atoms with van der Waals surface area (Å²) < 4.78 is 0. The standard InChI is InChI=1S/C22H26N4O3/c1-4-22(18-12-6-5-7-13-18)20(28)26(21(29)23-22)24-19(27)15-25(3)14-17-11-9-8-10-16(17)2/h5-13H,4,14-15H2,1-3H3,(H,23,29)(H,24,27)/t22-/m1/s1. The number of rotatable bonds is 7. The van der Waals surface area contributed by atoms with Gasteiger partial charge in [0.1, 0.15) is 5.54 Å². The molecule has 1 aliphatic rings. The fourth-order valence-corrected chi connectivity index (χ4v) is 3.58. The molecule has 0 radical (unpaired) electrons. The van der Waals surface area contributed by atoms with Gasteiger partial charge in [-0.15, -0.1) is 0 Å². The second-order valence-electron chi connectivity index (χ2n) is 7.33. The van der Waals surface area contributed by atoms with Crippen molar-refractivity contribution in [2.24, 2.45) is 0 Å². The van der Waals surface area contributed by atoms with Gasteiger partial charge in [-0.2, -0.15) is 5.01 Å². The Morgan fingerprint density at radius 3 is 2.41 bits per heavy atom. The highest BCUT2D eigenvalue weighted by Crippen LogP contribution is 2.31. The smallest absolute Gasteiger partial charge is 0.318 e. The maximum atomic E-state index is 13.0. The van der Waals surface area contributed by atoms with E-state index in [1.807, 2.05) is 68.3 Å². The molecule has 2 aromatic rings. The number of hydrazine groups is 1. The van der Waals surface area contributed by atoms with E-state index >= 15 is 0 Å². The lowest BCUT2D eigenvalue weighted by Gasteiger charge is -2.25. The van der Waals surface area contributed by atoms with Gasteiger partial charge in [-0.3, -0.25) is 19.9 Å². The number of nitrogens with one attached hydrogen (secondary N) is 2. The molecule has 0 saturated carbocycles. The number of hydrogen-bond donors (Lipinski definition) is 2. The van der Waals surface area contributed by atoms with Crippen molar-refractivity contribution in [3.05, 3.63) is 71.3 Å². The highest BCUT2D eigenvalue weighted by molar-refractivity contribution is 6.08. The molecule has 0 unspecified atom stereocenters. The van der Waals surface area contributed by atoms with Crippen molar-refractivity contribution in [1.82, 2.24) is 20.7 Å². The van der Waals surface area contributed by atoms with E-state index in [9.17, 15) is 14.4 Å². The van der Waals surface area contributed by atoms with Crippen LogP contribution in [0.15, 0.2) is 54.6 Å². The minimum Gasteiger partial charge on any atom is -0.318 e. The first kappa shape index (κ1) is 20.5. The van der Waals surface area contributed by atoms with Crippen LogP contribution in [0.2, 0.25) is 0 Å². The lowest BCUT2D eigenvalue weighted by atomic mass is 9.87. The van der Waals surface area contributed by atoms with Crippen LogP contribution < -0.4 is 10.7 Å². The zero-order valence-corrected chi connectivity index (χ0v) is 16.9. The fourth-order valence-electron chi connectivity index (χ4n) is 3.58. The Morgan fingerprint density at radius 2 is 1.76 bits per heavy atom. The van der Waals surface area contributed by atoms with Crippen molar-refractivity contribution in [3.8, 4) is 0 Å². The van der Waals surface area contributed by atoms with E-state index in [4.69, 9.17) is 0 Å². The summed E-state index contributed by atoms with van der Waals surface area (Å²) in [4.78, 5) is 39.8. The van der Waals surface area contributed by atoms with Gasteiger partial charge in [-0.05, 0) is 37.1 Å². The summed E-state index contributed by atoms with van der Waals surface area (Å²) in [5.41, 5.74) is 4.24. The van der Waals surface area contributed by atoms with Crippen LogP contribution in [0, 0.1) is 6.92 Å². The number of urea groups is 1. The molecule has 1 aliphatic heterocycles. The summed E-state index contributed by atoms with van der Waals surface area (Å²) in [5.74, 6) is -0.907. The minimum atomic E-state index is -1.17. The topological polar surface area (TPSA) is 81.8 Å². The van der Waals surface area contributed by atoms with Gasteiger partial charge in [0.2, 0.25) is 0 Å². The van der Waals surface area contributed by atoms with Crippen LogP contribution in [0.25, 0.3) is 0 Å². The van der Waals surface area contributed by atoms with Crippen LogP contribution in [-0.4, -0.2) is 41.3 Å². The molecule has 152 valence electrons. The highest BCUT2D eigenvalue weighted by Gasteiger charge is 2.52. The normalized spacial score (nSPS) is 18.8. The summed E-state index contributed by atoms with van der Waals surface area (Å²) in [6.07, 6.45) is 0.376. The predicted octanol–water partition coefficient (Wildman–Crippen LogP) is 2.32. The number of amides is 4. The number of hydrogen-bond acceptors (Lipinski definition) is 4. The van der Waals surface area contributed by atoms with Crippen LogP contribution in [0.4, 0.5) is 4.79 Å². The molecule has 2 N–H and O–H groups in total. The van der Waals surface area contributed by atoms with E-state index in [0.29, 0.717) is 18.5 Å². The Kier molecular flexibility index (Phi) is 5.98. The quantitative estimate of drug-likeness (QED) is 0.706. The molecule has 3 rings (SSSR count). The molecule has 1 saturated heterocycles. The molecule has 0 aromatic heterocycles. The Balaban J connectivity index is 1.66. The number of carbonyl (C=O) groups excluding carboxylic acids is 3. The minimum absolute atomic E-state index is 0.0514. The Labute approximate surface area is 170 Å². The molecule has 1 fully saturated rings. The maximum absolute atomic E-state index is 13.0. The van der Waals surface area contributed by atoms with Crippen LogP contribution in [-0.2, 0) is 21.7 Å². The Morgan fingerprint density at radius 1 is 1.10 bits per heavy atom. The molecule has 0 spiro atoms. The van der Waals surface area contributed by atoms with Crippen molar-refractivity contribution in [2.45, 2.75) is 32.4 Å². The molecule has 0 bridgehead atoms. The van der Waals surface area contributed by atoms with E-state index in [-0.39, 0.29) is 6.54 Å². The number of nitrogens with zero attached hydrogens (tertiary/aromatic N) is 2.